The van der Waals surface area contributed by atoms with E-state index in [-0.39, 0.29) is 18.1 Å². The van der Waals surface area contributed by atoms with Gasteiger partial charge in [0.15, 0.2) is 5.96 Å². The van der Waals surface area contributed by atoms with Crippen LogP contribution in [0.4, 0.5) is 0 Å². The topological polar surface area (TPSA) is 66.0 Å². The first-order valence-electron chi connectivity index (χ1n) is 10.1. The van der Waals surface area contributed by atoms with Crippen LogP contribution in [0.3, 0.4) is 0 Å². The second kappa shape index (κ2) is 9.62. The molecule has 0 bridgehead atoms. The maximum absolute atomic E-state index is 12.6. The van der Waals surface area contributed by atoms with E-state index in [1.807, 2.05) is 42.2 Å². The van der Waals surface area contributed by atoms with Gasteiger partial charge in [0.2, 0.25) is 5.91 Å². The van der Waals surface area contributed by atoms with Crippen LogP contribution in [0.5, 0.6) is 5.75 Å². The summed E-state index contributed by atoms with van der Waals surface area (Å²) in [5, 5.41) is 6.78. The third kappa shape index (κ3) is 5.62. The first-order chi connectivity index (χ1) is 13.2. The van der Waals surface area contributed by atoms with E-state index >= 15 is 0 Å². The number of carbonyl (C=O) groups excluding carboxylic acids is 1. The lowest BCUT2D eigenvalue weighted by atomic mass is 10.1. The van der Waals surface area contributed by atoms with E-state index in [4.69, 9.17) is 4.74 Å². The van der Waals surface area contributed by atoms with E-state index in [0.29, 0.717) is 12.5 Å². The van der Waals surface area contributed by atoms with Crippen LogP contribution in [0.2, 0.25) is 0 Å². The number of hydrogen-bond acceptors (Lipinski definition) is 3. The van der Waals surface area contributed by atoms with Crippen molar-refractivity contribution in [1.82, 2.24) is 15.5 Å². The molecule has 148 valence electrons. The monoisotopic (exact) mass is 372 g/mol. The summed E-state index contributed by atoms with van der Waals surface area (Å²) in [5.74, 6) is 2.24. The molecule has 2 unspecified atom stereocenters. The van der Waals surface area contributed by atoms with Crippen molar-refractivity contribution in [2.24, 2.45) is 10.9 Å². The average Bonchev–Trinajstić information content (AvgIpc) is 3.37. The summed E-state index contributed by atoms with van der Waals surface area (Å²) in [4.78, 5) is 18.9. The van der Waals surface area contributed by atoms with Crippen LogP contribution in [0.15, 0.2) is 35.3 Å². The highest BCUT2D eigenvalue weighted by Crippen LogP contribution is 2.27. The van der Waals surface area contributed by atoms with E-state index in [9.17, 15) is 4.79 Å². The van der Waals surface area contributed by atoms with Crippen LogP contribution in [-0.4, -0.2) is 55.6 Å². The third-order valence-electron chi connectivity index (χ3n) is 5.41. The fraction of sp³-hybridized carbons (Fsp3) is 0.619. The molecule has 1 aliphatic heterocycles. The highest BCUT2D eigenvalue weighted by molar-refractivity contribution is 5.81. The highest BCUT2D eigenvalue weighted by Gasteiger charge is 2.32. The molecule has 0 spiro atoms. The second-order valence-corrected chi connectivity index (χ2v) is 7.59. The third-order valence-corrected chi connectivity index (χ3v) is 5.41. The molecular weight excluding hydrogens is 340 g/mol. The maximum Gasteiger partial charge on any atom is 0.225 e. The van der Waals surface area contributed by atoms with Gasteiger partial charge in [0.1, 0.15) is 11.9 Å². The van der Waals surface area contributed by atoms with E-state index in [2.05, 4.69) is 15.6 Å². The summed E-state index contributed by atoms with van der Waals surface area (Å²) in [6, 6.07) is 10.1. The van der Waals surface area contributed by atoms with Gasteiger partial charge in [0.05, 0.1) is 6.54 Å². The summed E-state index contributed by atoms with van der Waals surface area (Å²) < 4.78 is 5.89. The molecule has 6 heteroatoms. The Morgan fingerprint density at radius 3 is 2.70 bits per heavy atom. The maximum atomic E-state index is 12.6. The predicted molar refractivity (Wildman–Crippen MR) is 108 cm³/mol. The Balaban J connectivity index is 1.40. The predicted octanol–water partition coefficient (Wildman–Crippen LogP) is 2.41. The van der Waals surface area contributed by atoms with Gasteiger partial charge in [0.25, 0.3) is 0 Å². The fourth-order valence-corrected chi connectivity index (χ4v) is 3.91. The summed E-state index contributed by atoms with van der Waals surface area (Å²) in [6.07, 6.45) is 5.52. The van der Waals surface area contributed by atoms with Gasteiger partial charge in [-0.3, -0.25) is 9.79 Å². The van der Waals surface area contributed by atoms with Crippen molar-refractivity contribution in [2.75, 3.05) is 26.7 Å². The van der Waals surface area contributed by atoms with Crippen LogP contribution >= 0.6 is 0 Å². The number of aliphatic imine (C=N–C) groups is 1. The molecule has 0 aromatic heterocycles. The molecule has 1 heterocycles. The summed E-state index contributed by atoms with van der Waals surface area (Å²) in [5.41, 5.74) is 0. The molecule has 2 atom stereocenters. The van der Waals surface area contributed by atoms with Gasteiger partial charge in [-0.05, 0) is 38.3 Å². The lowest BCUT2D eigenvalue weighted by Crippen LogP contribution is -2.47. The minimum absolute atomic E-state index is 0.0231. The minimum Gasteiger partial charge on any atom is -0.489 e. The van der Waals surface area contributed by atoms with Crippen LogP contribution in [0, 0.1) is 5.92 Å². The molecular formula is C21H32N4O2. The normalized spacial score (nSPS) is 21.9. The largest absolute Gasteiger partial charge is 0.489 e. The van der Waals surface area contributed by atoms with Crippen molar-refractivity contribution < 1.29 is 9.53 Å². The molecule has 1 aliphatic carbocycles. The first kappa shape index (κ1) is 19.5. The quantitative estimate of drug-likeness (QED) is 0.594. The molecule has 1 aromatic rings. The molecule has 1 saturated heterocycles. The number of amides is 1. The zero-order chi connectivity index (χ0) is 19.1. The van der Waals surface area contributed by atoms with E-state index < -0.39 is 0 Å². The van der Waals surface area contributed by atoms with Gasteiger partial charge >= 0.3 is 0 Å². The Kier molecular flexibility index (Phi) is 6.96. The Bertz CT molecular complexity index is 628. The average molecular weight is 373 g/mol. The van der Waals surface area contributed by atoms with E-state index in [0.717, 1.165) is 44.1 Å². The molecule has 3 rings (SSSR count). The smallest absolute Gasteiger partial charge is 0.225 e. The Morgan fingerprint density at radius 1 is 1.26 bits per heavy atom. The number of para-hydroxylation sites is 1. The van der Waals surface area contributed by atoms with Crippen molar-refractivity contribution in [2.45, 2.75) is 51.2 Å². The molecule has 1 amide bonds. The van der Waals surface area contributed by atoms with E-state index in [1.54, 1.807) is 7.05 Å². The van der Waals surface area contributed by atoms with Gasteiger partial charge in [-0.1, -0.05) is 31.0 Å². The number of nitrogens with one attached hydrogen (secondary N) is 2. The summed E-state index contributed by atoms with van der Waals surface area (Å²) >= 11 is 0. The van der Waals surface area contributed by atoms with Crippen LogP contribution < -0.4 is 15.4 Å². The molecule has 1 saturated carbocycles. The first-order valence-corrected chi connectivity index (χ1v) is 10.1. The van der Waals surface area contributed by atoms with Crippen molar-refractivity contribution in [3.63, 3.8) is 0 Å². The molecule has 0 radical (unpaired) electrons. The number of ether oxygens (including phenoxy) is 1. The summed E-state index contributed by atoms with van der Waals surface area (Å²) in [6.45, 7) is 4.31. The van der Waals surface area contributed by atoms with Gasteiger partial charge in [-0.2, -0.15) is 0 Å². The van der Waals surface area contributed by atoms with Crippen molar-refractivity contribution >= 4 is 11.9 Å². The number of guanidine groups is 1. The molecule has 1 aromatic carbocycles. The number of rotatable bonds is 6. The second-order valence-electron chi connectivity index (χ2n) is 7.59. The molecule has 6 nitrogen and oxygen atoms in total. The number of nitrogens with zero attached hydrogens (tertiary/aromatic N) is 2. The molecule has 2 fully saturated rings. The van der Waals surface area contributed by atoms with Crippen molar-refractivity contribution in [1.29, 1.82) is 0 Å². The Hall–Kier alpha value is -2.24. The van der Waals surface area contributed by atoms with Gasteiger partial charge < -0.3 is 20.3 Å². The zero-order valence-corrected chi connectivity index (χ0v) is 16.5. The highest BCUT2D eigenvalue weighted by atomic mass is 16.5. The number of benzene rings is 1. The number of carbonyl (C=O) groups is 1. The lowest BCUT2D eigenvalue weighted by Gasteiger charge is -2.22. The van der Waals surface area contributed by atoms with Crippen molar-refractivity contribution in [3.05, 3.63) is 30.3 Å². The number of likely N-dealkylation sites (tertiary alicyclic amines) is 1. The van der Waals surface area contributed by atoms with Gasteiger partial charge in [0, 0.05) is 32.1 Å². The minimum atomic E-state index is 0.0231. The van der Waals surface area contributed by atoms with Gasteiger partial charge in [-0.25, -0.2) is 0 Å². The number of hydrogen-bond donors (Lipinski definition) is 2. The van der Waals surface area contributed by atoms with E-state index in [1.165, 1.54) is 12.8 Å². The SMILES string of the molecule is CN=C(NCC(C)Oc1ccccc1)NC1CCN(C(=O)C2CCCC2)C1. The van der Waals surface area contributed by atoms with Crippen LogP contribution in [0.1, 0.15) is 39.0 Å². The van der Waals surface area contributed by atoms with Crippen LogP contribution in [0.25, 0.3) is 0 Å². The Morgan fingerprint density at radius 2 is 2.00 bits per heavy atom. The molecule has 27 heavy (non-hydrogen) atoms. The lowest BCUT2D eigenvalue weighted by molar-refractivity contribution is -0.134. The standard InChI is InChI=1S/C21H32N4O2/c1-16(27-19-10-4-3-5-11-19)14-23-21(22-2)24-18-12-13-25(15-18)20(26)17-8-6-7-9-17/h3-5,10-11,16-18H,6-9,12-15H2,1-2H3,(H2,22,23,24). The summed E-state index contributed by atoms with van der Waals surface area (Å²) in [7, 11) is 1.77. The fourth-order valence-electron chi connectivity index (χ4n) is 3.91. The van der Waals surface area contributed by atoms with Crippen molar-refractivity contribution in [3.8, 4) is 5.75 Å². The van der Waals surface area contributed by atoms with Crippen LogP contribution in [-0.2, 0) is 4.79 Å². The Labute approximate surface area is 162 Å². The zero-order valence-electron chi connectivity index (χ0n) is 16.5. The molecule has 2 N–H and O–H groups in total. The van der Waals surface area contributed by atoms with Gasteiger partial charge in [-0.15, -0.1) is 0 Å². The molecule has 2 aliphatic rings.